The second kappa shape index (κ2) is 11.5. The minimum atomic E-state index is -0.487. The van der Waals surface area contributed by atoms with Gasteiger partial charge < -0.3 is 25.0 Å². The zero-order chi connectivity index (χ0) is 26.4. The summed E-state index contributed by atoms with van der Waals surface area (Å²) in [4.78, 5) is 43.7. The minimum absolute atomic E-state index is 0.148. The molecule has 2 aromatic carbocycles. The lowest BCUT2D eigenvalue weighted by molar-refractivity contribution is -0.134. The molecule has 0 saturated carbocycles. The van der Waals surface area contributed by atoms with Crippen LogP contribution in [-0.4, -0.2) is 70.7 Å². The maximum atomic E-state index is 12.8. The Balaban J connectivity index is 1.68. The highest BCUT2D eigenvalue weighted by Gasteiger charge is 2.22. The van der Waals surface area contributed by atoms with Crippen molar-refractivity contribution >= 4 is 17.7 Å². The molecule has 0 unspecified atom stereocenters. The molecule has 2 N–H and O–H groups in total. The fourth-order valence-electron chi connectivity index (χ4n) is 4.00. The van der Waals surface area contributed by atoms with Crippen LogP contribution in [0.5, 0.6) is 11.5 Å². The Bertz CT molecular complexity index is 1280. The van der Waals surface area contributed by atoms with Crippen molar-refractivity contribution in [3.05, 3.63) is 59.9 Å². The number of nitrogens with one attached hydrogen (secondary N) is 2. The van der Waals surface area contributed by atoms with E-state index in [1.165, 1.54) is 18.9 Å². The van der Waals surface area contributed by atoms with Crippen molar-refractivity contribution in [1.82, 2.24) is 30.3 Å². The van der Waals surface area contributed by atoms with Crippen LogP contribution in [0.4, 0.5) is 0 Å². The zero-order valence-corrected chi connectivity index (χ0v) is 21.1. The van der Waals surface area contributed by atoms with Gasteiger partial charge in [0.25, 0.3) is 5.91 Å². The summed E-state index contributed by atoms with van der Waals surface area (Å²) >= 11 is 0. The van der Waals surface area contributed by atoms with Crippen molar-refractivity contribution in [3.63, 3.8) is 0 Å². The van der Waals surface area contributed by atoms with Crippen LogP contribution < -0.4 is 20.1 Å². The average Bonchev–Trinajstić information content (AvgIpc) is 3.32. The fourth-order valence-corrected chi connectivity index (χ4v) is 4.00. The van der Waals surface area contributed by atoms with E-state index in [1.54, 1.807) is 22.9 Å². The van der Waals surface area contributed by atoms with Crippen molar-refractivity contribution in [2.45, 2.75) is 26.4 Å². The molecular formula is C26H30N6O5. The highest BCUT2D eigenvalue weighted by Crippen LogP contribution is 2.28. The summed E-state index contributed by atoms with van der Waals surface area (Å²) in [5.41, 5.74) is 1.22. The van der Waals surface area contributed by atoms with Gasteiger partial charge in [-0.3, -0.25) is 14.4 Å². The largest absolute Gasteiger partial charge is 0.493 e. The molecule has 37 heavy (non-hydrogen) atoms. The van der Waals surface area contributed by atoms with Gasteiger partial charge in [-0.25, -0.2) is 9.67 Å². The number of methoxy groups -OCH3 is 1. The maximum absolute atomic E-state index is 12.8. The van der Waals surface area contributed by atoms with Gasteiger partial charge in [-0.05, 0) is 25.1 Å². The molecule has 2 heterocycles. The molecule has 0 saturated heterocycles. The molecule has 1 atom stereocenters. The van der Waals surface area contributed by atoms with E-state index in [9.17, 15) is 14.4 Å². The molecule has 194 valence electrons. The van der Waals surface area contributed by atoms with E-state index in [2.05, 4.69) is 15.7 Å². The Morgan fingerprint density at radius 2 is 1.89 bits per heavy atom. The molecule has 1 aliphatic heterocycles. The number of carbonyl (C=O) groups excluding carboxylic acids is 3. The molecule has 3 amide bonds. The monoisotopic (exact) mass is 506 g/mol. The van der Waals surface area contributed by atoms with Gasteiger partial charge in [0.05, 0.1) is 26.2 Å². The van der Waals surface area contributed by atoms with Crippen LogP contribution in [-0.2, 0) is 16.1 Å². The minimum Gasteiger partial charge on any atom is -0.493 e. The molecule has 1 aromatic heterocycles. The standard InChI is InChI=1S/C26H30N6O5/c1-17-25-29-24(19-7-5-4-6-8-19)30-32(25)13-14-37-22-15-20(9-10-21(22)36-3)26(35)27-11-12-31(18(2)33)16-23(34)28-17/h4-10,15,17H,11-14,16H2,1-3H3,(H,27,35)(H,28,34)/t17-/m1/s1. The first-order chi connectivity index (χ1) is 17.9. The van der Waals surface area contributed by atoms with E-state index in [-0.39, 0.29) is 44.0 Å². The number of rotatable bonds is 2. The van der Waals surface area contributed by atoms with Crippen LogP contribution >= 0.6 is 0 Å². The van der Waals surface area contributed by atoms with Gasteiger partial charge in [-0.15, -0.1) is 0 Å². The maximum Gasteiger partial charge on any atom is 0.251 e. The number of hydrogen-bond acceptors (Lipinski definition) is 7. The Morgan fingerprint density at radius 3 is 2.62 bits per heavy atom. The molecule has 0 fully saturated rings. The first-order valence-corrected chi connectivity index (χ1v) is 12.0. The van der Waals surface area contributed by atoms with Crippen molar-refractivity contribution in [2.75, 3.05) is 33.4 Å². The summed E-state index contributed by atoms with van der Waals surface area (Å²) in [6.45, 7) is 3.95. The smallest absolute Gasteiger partial charge is 0.251 e. The number of ether oxygens (including phenoxy) is 2. The van der Waals surface area contributed by atoms with Gasteiger partial charge in [0.15, 0.2) is 17.3 Å². The number of aromatic nitrogens is 3. The van der Waals surface area contributed by atoms with Gasteiger partial charge in [0.2, 0.25) is 11.8 Å². The summed E-state index contributed by atoms with van der Waals surface area (Å²) in [5, 5.41) is 10.3. The summed E-state index contributed by atoms with van der Waals surface area (Å²) in [7, 11) is 1.53. The first-order valence-electron chi connectivity index (χ1n) is 12.0. The third-order valence-electron chi connectivity index (χ3n) is 5.93. The van der Waals surface area contributed by atoms with Crippen LogP contribution in [0.25, 0.3) is 11.4 Å². The van der Waals surface area contributed by atoms with Crippen LogP contribution in [0, 0.1) is 0 Å². The topological polar surface area (TPSA) is 128 Å². The molecule has 0 spiro atoms. The SMILES string of the molecule is COc1ccc2cc1OCCn1nc(-c3ccccc3)nc1[C@@H](C)NC(=O)CN(C(C)=O)CCNC2=O. The summed E-state index contributed by atoms with van der Waals surface area (Å²) in [5.74, 6) is 1.02. The number of hydrogen-bond donors (Lipinski definition) is 2. The molecule has 2 bridgehead atoms. The Kier molecular flexibility index (Phi) is 8.02. The molecule has 11 heteroatoms. The van der Waals surface area contributed by atoms with E-state index < -0.39 is 6.04 Å². The zero-order valence-electron chi connectivity index (χ0n) is 21.1. The number of amides is 3. The highest BCUT2D eigenvalue weighted by molar-refractivity contribution is 5.95. The van der Waals surface area contributed by atoms with Crippen molar-refractivity contribution in [2.24, 2.45) is 0 Å². The lowest BCUT2D eigenvalue weighted by Crippen LogP contribution is -2.44. The predicted octanol–water partition coefficient (Wildman–Crippen LogP) is 1.80. The number of fused-ring (bicyclic) bond motifs is 3. The molecular weight excluding hydrogens is 476 g/mol. The van der Waals surface area contributed by atoms with Gasteiger partial charge in [-0.1, -0.05) is 30.3 Å². The van der Waals surface area contributed by atoms with Gasteiger partial charge in [-0.2, -0.15) is 5.10 Å². The Labute approximate surface area is 214 Å². The lowest BCUT2D eigenvalue weighted by Gasteiger charge is -2.22. The quantitative estimate of drug-likeness (QED) is 0.543. The van der Waals surface area contributed by atoms with Gasteiger partial charge >= 0.3 is 0 Å². The van der Waals surface area contributed by atoms with Crippen LogP contribution in [0.15, 0.2) is 48.5 Å². The lowest BCUT2D eigenvalue weighted by atomic mass is 10.2. The fraction of sp³-hybridized carbons (Fsp3) is 0.346. The molecule has 11 nitrogen and oxygen atoms in total. The van der Waals surface area contributed by atoms with Crippen molar-refractivity contribution < 1.29 is 23.9 Å². The third-order valence-corrected chi connectivity index (χ3v) is 5.93. The Morgan fingerprint density at radius 1 is 1.11 bits per heavy atom. The van der Waals surface area contributed by atoms with Crippen molar-refractivity contribution in [3.8, 4) is 22.9 Å². The number of nitrogens with zero attached hydrogens (tertiary/aromatic N) is 4. The van der Waals surface area contributed by atoms with E-state index in [0.717, 1.165) is 5.56 Å². The van der Waals surface area contributed by atoms with Crippen LogP contribution in [0.1, 0.15) is 36.1 Å². The summed E-state index contributed by atoms with van der Waals surface area (Å²) in [6, 6.07) is 14.0. The summed E-state index contributed by atoms with van der Waals surface area (Å²) in [6.07, 6.45) is 0. The van der Waals surface area contributed by atoms with Crippen molar-refractivity contribution in [1.29, 1.82) is 0 Å². The number of benzene rings is 2. The highest BCUT2D eigenvalue weighted by atomic mass is 16.5. The molecule has 1 aliphatic rings. The molecule has 0 aliphatic carbocycles. The second-order valence-electron chi connectivity index (χ2n) is 8.58. The van der Waals surface area contributed by atoms with E-state index in [1.807, 2.05) is 37.3 Å². The van der Waals surface area contributed by atoms with E-state index in [0.29, 0.717) is 35.3 Å². The number of carbonyl (C=O) groups is 3. The van der Waals surface area contributed by atoms with Crippen LogP contribution in [0.2, 0.25) is 0 Å². The normalized spacial score (nSPS) is 17.1. The second-order valence-corrected chi connectivity index (χ2v) is 8.58. The van der Waals surface area contributed by atoms with Gasteiger partial charge in [0, 0.05) is 31.1 Å². The first kappa shape index (κ1) is 25.7. The van der Waals surface area contributed by atoms with E-state index >= 15 is 0 Å². The third kappa shape index (κ3) is 6.24. The molecule has 4 rings (SSSR count). The predicted molar refractivity (Wildman–Crippen MR) is 135 cm³/mol. The Hall–Kier alpha value is -4.41. The van der Waals surface area contributed by atoms with Gasteiger partial charge in [0.1, 0.15) is 12.4 Å². The average molecular weight is 507 g/mol. The van der Waals surface area contributed by atoms with Crippen LogP contribution in [0.3, 0.4) is 0 Å². The summed E-state index contributed by atoms with van der Waals surface area (Å²) < 4.78 is 13.1. The van der Waals surface area contributed by atoms with E-state index in [4.69, 9.17) is 14.5 Å². The molecule has 0 radical (unpaired) electrons. The molecule has 3 aromatic rings.